The van der Waals surface area contributed by atoms with Crippen LogP contribution in [0, 0.1) is 0 Å². The van der Waals surface area contributed by atoms with Crippen LogP contribution in [0.3, 0.4) is 0 Å². The quantitative estimate of drug-likeness (QED) is 0.543. The lowest BCUT2D eigenvalue weighted by Crippen LogP contribution is -2.23. The van der Waals surface area contributed by atoms with Crippen LogP contribution in [0.15, 0.2) is 47.5 Å². The van der Waals surface area contributed by atoms with Crippen molar-refractivity contribution in [1.82, 2.24) is 0 Å². The van der Waals surface area contributed by atoms with Crippen LogP contribution in [0.25, 0.3) is 0 Å². The van der Waals surface area contributed by atoms with E-state index in [9.17, 15) is 8.78 Å². The topological polar surface area (TPSA) is 12.4 Å². The van der Waals surface area contributed by atoms with Gasteiger partial charge in [0.25, 0.3) is 0 Å². The standard InChI is InChI=1S/C12H12ClF2N/c1-2-3-9-12(14,15)11(13)16-10-7-5-4-6-8-10/h2-8H,9H2,1H3/b3-2+,16-11?. The van der Waals surface area contributed by atoms with Gasteiger partial charge in [-0.3, -0.25) is 0 Å². The molecule has 0 heterocycles. The van der Waals surface area contributed by atoms with Crippen LogP contribution in [0.2, 0.25) is 0 Å². The van der Waals surface area contributed by atoms with E-state index in [-0.39, 0.29) is 0 Å². The molecule has 0 saturated carbocycles. The van der Waals surface area contributed by atoms with Crippen molar-refractivity contribution in [3.63, 3.8) is 0 Å². The van der Waals surface area contributed by atoms with Gasteiger partial charge in [-0.05, 0) is 19.1 Å². The summed E-state index contributed by atoms with van der Waals surface area (Å²) in [6.45, 7) is 1.68. The average Bonchev–Trinajstić information content (AvgIpc) is 2.28. The molecule has 86 valence electrons. The second-order valence-electron chi connectivity index (χ2n) is 3.22. The number of para-hydroxylation sites is 1. The molecular formula is C12H12ClF2N. The minimum Gasteiger partial charge on any atom is -0.235 e. The fourth-order valence-electron chi connectivity index (χ4n) is 1.05. The summed E-state index contributed by atoms with van der Waals surface area (Å²) in [5, 5.41) is -0.684. The lowest BCUT2D eigenvalue weighted by Gasteiger charge is -2.11. The average molecular weight is 244 g/mol. The smallest absolute Gasteiger partial charge is 0.235 e. The van der Waals surface area contributed by atoms with E-state index in [1.165, 1.54) is 6.08 Å². The predicted molar refractivity (Wildman–Crippen MR) is 63.8 cm³/mol. The number of allylic oxidation sites excluding steroid dienone is 2. The first-order valence-electron chi connectivity index (χ1n) is 4.85. The summed E-state index contributed by atoms with van der Waals surface area (Å²) in [5.41, 5.74) is 0.424. The number of alkyl halides is 2. The van der Waals surface area contributed by atoms with Crippen molar-refractivity contribution in [2.75, 3.05) is 0 Å². The summed E-state index contributed by atoms with van der Waals surface area (Å²) in [6.07, 6.45) is 2.49. The van der Waals surface area contributed by atoms with Gasteiger partial charge in [-0.25, -0.2) is 4.99 Å². The fraction of sp³-hybridized carbons (Fsp3) is 0.250. The molecule has 0 N–H and O–H groups in total. The van der Waals surface area contributed by atoms with Crippen LogP contribution in [-0.2, 0) is 0 Å². The molecule has 0 atom stereocenters. The highest BCUT2D eigenvalue weighted by atomic mass is 35.5. The largest absolute Gasteiger partial charge is 0.303 e. The van der Waals surface area contributed by atoms with Gasteiger partial charge in [-0.1, -0.05) is 42.0 Å². The van der Waals surface area contributed by atoms with E-state index in [2.05, 4.69) is 4.99 Å². The molecule has 1 aromatic rings. The van der Waals surface area contributed by atoms with Gasteiger partial charge in [-0.15, -0.1) is 0 Å². The zero-order valence-electron chi connectivity index (χ0n) is 8.83. The number of rotatable bonds is 4. The molecule has 1 rings (SSSR count). The van der Waals surface area contributed by atoms with E-state index >= 15 is 0 Å². The Bertz CT molecular complexity index is 385. The van der Waals surface area contributed by atoms with E-state index in [0.29, 0.717) is 5.69 Å². The van der Waals surface area contributed by atoms with Crippen molar-refractivity contribution in [1.29, 1.82) is 0 Å². The highest BCUT2D eigenvalue weighted by molar-refractivity contribution is 6.67. The highest BCUT2D eigenvalue weighted by Crippen LogP contribution is 2.26. The Labute approximate surface area is 98.5 Å². The van der Waals surface area contributed by atoms with Crippen molar-refractivity contribution in [3.05, 3.63) is 42.5 Å². The molecule has 0 aliphatic heterocycles. The first kappa shape index (κ1) is 12.8. The molecule has 0 radical (unpaired) electrons. The van der Waals surface area contributed by atoms with Gasteiger partial charge in [0, 0.05) is 6.42 Å². The zero-order valence-corrected chi connectivity index (χ0v) is 9.59. The molecule has 0 aliphatic rings. The van der Waals surface area contributed by atoms with E-state index in [1.807, 2.05) is 0 Å². The summed E-state index contributed by atoms with van der Waals surface area (Å²) in [7, 11) is 0. The maximum Gasteiger partial charge on any atom is 0.303 e. The van der Waals surface area contributed by atoms with Crippen LogP contribution < -0.4 is 0 Å². The van der Waals surface area contributed by atoms with Gasteiger partial charge in [0.1, 0.15) is 0 Å². The number of benzene rings is 1. The maximum absolute atomic E-state index is 13.4. The SMILES string of the molecule is C/C=C/CC(F)(F)C(Cl)=Nc1ccccc1. The number of halogens is 3. The zero-order chi connectivity index (χ0) is 12.0. The summed E-state index contributed by atoms with van der Waals surface area (Å²) < 4.78 is 26.8. The van der Waals surface area contributed by atoms with Gasteiger partial charge < -0.3 is 0 Å². The molecular weight excluding hydrogens is 232 g/mol. The van der Waals surface area contributed by atoms with Gasteiger partial charge in [0.05, 0.1) is 5.69 Å². The third kappa shape index (κ3) is 3.74. The van der Waals surface area contributed by atoms with Crippen LogP contribution in [-0.4, -0.2) is 11.1 Å². The van der Waals surface area contributed by atoms with E-state index in [0.717, 1.165) is 0 Å². The lowest BCUT2D eigenvalue weighted by atomic mass is 10.2. The fourth-order valence-corrected chi connectivity index (χ4v) is 1.22. The van der Waals surface area contributed by atoms with Crippen LogP contribution in [0.5, 0.6) is 0 Å². The monoisotopic (exact) mass is 243 g/mol. The minimum atomic E-state index is -3.11. The van der Waals surface area contributed by atoms with Crippen molar-refractivity contribution >= 4 is 22.5 Å². The normalized spacial score (nSPS) is 13.4. The predicted octanol–water partition coefficient (Wildman–Crippen LogP) is 4.56. The maximum atomic E-state index is 13.4. The summed E-state index contributed by atoms with van der Waals surface area (Å²) in [5.74, 6) is -3.11. The van der Waals surface area contributed by atoms with Crippen molar-refractivity contribution in [3.8, 4) is 0 Å². The Hall–Kier alpha value is -1.22. The van der Waals surface area contributed by atoms with Crippen molar-refractivity contribution < 1.29 is 8.78 Å². The van der Waals surface area contributed by atoms with Gasteiger partial charge >= 0.3 is 5.92 Å². The molecule has 0 spiro atoms. The Morgan fingerprint density at radius 3 is 2.56 bits per heavy atom. The second kappa shape index (κ2) is 5.75. The van der Waals surface area contributed by atoms with Crippen LogP contribution in [0.4, 0.5) is 14.5 Å². The third-order valence-corrected chi connectivity index (χ3v) is 2.26. The van der Waals surface area contributed by atoms with Crippen LogP contribution >= 0.6 is 11.6 Å². The summed E-state index contributed by atoms with van der Waals surface area (Å²) >= 11 is 5.51. The minimum absolute atomic E-state index is 0.424. The Morgan fingerprint density at radius 2 is 2.00 bits per heavy atom. The Morgan fingerprint density at radius 1 is 1.38 bits per heavy atom. The molecule has 1 aromatic carbocycles. The highest BCUT2D eigenvalue weighted by Gasteiger charge is 2.33. The Balaban J connectivity index is 2.84. The first-order chi connectivity index (χ1) is 7.56. The number of aliphatic imine (C=N–C) groups is 1. The molecule has 1 nitrogen and oxygen atoms in total. The second-order valence-corrected chi connectivity index (χ2v) is 3.57. The van der Waals surface area contributed by atoms with Crippen molar-refractivity contribution in [2.45, 2.75) is 19.3 Å². The van der Waals surface area contributed by atoms with Crippen LogP contribution in [0.1, 0.15) is 13.3 Å². The summed E-state index contributed by atoms with van der Waals surface area (Å²) in [6, 6.07) is 8.45. The van der Waals surface area contributed by atoms with E-state index in [1.54, 1.807) is 43.3 Å². The first-order valence-corrected chi connectivity index (χ1v) is 5.23. The molecule has 0 amide bonds. The Kier molecular flexibility index (Phi) is 4.62. The third-order valence-electron chi connectivity index (χ3n) is 1.90. The summed E-state index contributed by atoms with van der Waals surface area (Å²) in [4.78, 5) is 3.68. The number of hydrogen-bond donors (Lipinski definition) is 0. The molecule has 4 heteroatoms. The molecule has 0 bridgehead atoms. The molecule has 0 saturated heterocycles. The number of nitrogens with zero attached hydrogens (tertiary/aromatic N) is 1. The lowest BCUT2D eigenvalue weighted by molar-refractivity contribution is 0.0849. The molecule has 0 aliphatic carbocycles. The molecule has 16 heavy (non-hydrogen) atoms. The van der Waals surface area contributed by atoms with Gasteiger partial charge in [0.15, 0.2) is 5.17 Å². The van der Waals surface area contributed by atoms with E-state index < -0.39 is 17.5 Å². The molecule has 0 fully saturated rings. The number of hydrogen-bond acceptors (Lipinski definition) is 1. The van der Waals surface area contributed by atoms with E-state index in [4.69, 9.17) is 11.6 Å². The molecule has 0 aromatic heterocycles. The van der Waals surface area contributed by atoms with Gasteiger partial charge in [0.2, 0.25) is 0 Å². The van der Waals surface area contributed by atoms with Gasteiger partial charge in [-0.2, -0.15) is 8.78 Å². The molecule has 0 unspecified atom stereocenters. The van der Waals surface area contributed by atoms with Crippen molar-refractivity contribution in [2.24, 2.45) is 4.99 Å².